The molecule has 0 N–H and O–H groups in total. The number of carbonyl (C=O) groups is 1. The zero-order valence-electron chi connectivity index (χ0n) is 18.6. The van der Waals surface area contributed by atoms with E-state index in [9.17, 15) is 13.2 Å². The number of rotatable bonds is 7. The monoisotopic (exact) mass is 451 g/mol. The summed E-state index contributed by atoms with van der Waals surface area (Å²) in [7, 11) is -3.08. The number of sulfone groups is 1. The fourth-order valence-electron chi connectivity index (χ4n) is 4.37. The quantitative estimate of drug-likeness (QED) is 0.627. The third-order valence-electron chi connectivity index (χ3n) is 6.18. The third kappa shape index (κ3) is 4.54. The molecule has 0 bridgehead atoms. The molecule has 1 aromatic rings. The Morgan fingerprint density at radius 3 is 2.43 bits per heavy atom. The van der Waals surface area contributed by atoms with Gasteiger partial charge in [-0.3, -0.25) is 4.79 Å². The summed E-state index contributed by atoms with van der Waals surface area (Å²) in [6, 6.07) is 6.10. The summed E-state index contributed by atoms with van der Waals surface area (Å²) >= 11 is 1.45. The van der Waals surface area contributed by atoms with Gasteiger partial charge in [0.2, 0.25) is 0 Å². The van der Waals surface area contributed by atoms with E-state index < -0.39 is 9.84 Å². The molecule has 0 aromatic heterocycles. The summed E-state index contributed by atoms with van der Waals surface area (Å²) < 4.78 is 24.6. The van der Waals surface area contributed by atoms with Gasteiger partial charge in [-0.15, -0.1) is 0 Å². The lowest BCUT2D eigenvalue weighted by atomic mass is 10.0. The van der Waals surface area contributed by atoms with Crippen LogP contribution in [0.5, 0.6) is 0 Å². The lowest BCUT2D eigenvalue weighted by Crippen LogP contribution is -2.38. The molecule has 0 aliphatic carbocycles. The number of benzene rings is 1. The van der Waals surface area contributed by atoms with Crippen LogP contribution in [0, 0.1) is 12.8 Å². The second kappa shape index (κ2) is 9.30. The summed E-state index contributed by atoms with van der Waals surface area (Å²) in [4.78, 5) is 21.5. The topological polar surface area (TPSA) is 70.0 Å². The first kappa shape index (κ1) is 23.1. The van der Waals surface area contributed by atoms with Crippen molar-refractivity contribution >= 4 is 44.0 Å². The van der Waals surface area contributed by atoms with Crippen LogP contribution in [0.4, 0.5) is 11.4 Å². The molecule has 2 heterocycles. The zero-order chi connectivity index (χ0) is 22.1. The van der Waals surface area contributed by atoms with E-state index in [4.69, 9.17) is 0 Å². The second-order valence-electron chi connectivity index (χ2n) is 8.06. The minimum absolute atomic E-state index is 0.0786. The molecule has 1 aromatic carbocycles. The highest BCUT2D eigenvalue weighted by atomic mass is 32.2. The van der Waals surface area contributed by atoms with Crippen LogP contribution in [0.25, 0.3) is 0 Å². The molecule has 2 aliphatic heterocycles. The number of carbonyl (C=O) groups excluding carboxylic acids is 1. The standard InChI is InChI=1S/C22H33N3O3S2/c1-6-16(7-2)21(26)23-22-25(19-13-30(27,28)14-20(19)29-22)18-11-10-17(12-15(18)5)24(8-3)9-4/h10-12,16,19-20H,6-9,13-14H2,1-5H3/t19-,20-/m0/s1. The summed E-state index contributed by atoms with van der Waals surface area (Å²) in [5.41, 5.74) is 3.15. The Balaban J connectivity index is 2.01. The minimum Gasteiger partial charge on any atom is -0.372 e. The number of fused-ring (bicyclic) bond motifs is 1. The van der Waals surface area contributed by atoms with Gasteiger partial charge in [-0.25, -0.2) is 8.42 Å². The average Bonchev–Trinajstić information content (AvgIpc) is 3.15. The van der Waals surface area contributed by atoms with Gasteiger partial charge in [-0.05, 0) is 57.4 Å². The summed E-state index contributed by atoms with van der Waals surface area (Å²) in [6.45, 7) is 12.2. The van der Waals surface area contributed by atoms with Crippen molar-refractivity contribution < 1.29 is 13.2 Å². The predicted octanol–water partition coefficient (Wildman–Crippen LogP) is 3.88. The van der Waals surface area contributed by atoms with Crippen LogP contribution < -0.4 is 9.80 Å². The Labute approximate surface area is 185 Å². The maximum atomic E-state index is 12.7. The smallest absolute Gasteiger partial charge is 0.251 e. The second-order valence-corrected chi connectivity index (χ2v) is 11.4. The first-order chi connectivity index (χ1) is 14.2. The fraction of sp³-hybridized carbons (Fsp3) is 0.636. The maximum Gasteiger partial charge on any atom is 0.251 e. The molecule has 166 valence electrons. The highest BCUT2D eigenvalue weighted by Crippen LogP contribution is 2.42. The molecule has 0 unspecified atom stereocenters. The van der Waals surface area contributed by atoms with Gasteiger partial charge in [0.25, 0.3) is 5.91 Å². The number of anilines is 2. The first-order valence-corrected chi connectivity index (χ1v) is 13.6. The van der Waals surface area contributed by atoms with Crippen molar-refractivity contribution in [3.05, 3.63) is 23.8 Å². The van der Waals surface area contributed by atoms with Gasteiger partial charge in [-0.2, -0.15) is 4.99 Å². The van der Waals surface area contributed by atoms with E-state index in [1.54, 1.807) is 0 Å². The van der Waals surface area contributed by atoms with Crippen molar-refractivity contribution in [2.24, 2.45) is 10.9 Å². The number of nitrogens with zero attached hydrogens (tertiary/aromatic N) is 3. The van der Waals surface area contributed by atoms with Crippen LogP contribution in [0.15, 0.2) is 23.2 Å². The van der Waals surface area contributed by atoms with Crippen molar-refractivity contribution in [1.82, 2.24) is 0 Å². The number of amidine groups is 1. The number of hydrogen-bond acceptors (Lipinski definition) is 5. The molecule has 0 radical (unpaired) electrons. The van der Waals surface area contributed by atoms with Gasteiger partial charge in [0.15, 0.2) is 15.0 Å². The molecule has 0 saturated carbocycles. The molecule has 2 aliphatic rings. The van der Waals surface area contributed by atoms with Gasteiger partial charge in [0.1, 0.15) is 0 Å². The normalized spacial score (nSPS) is 23.9. The van der Waals surface area contributed by atoms with Crippen LogP contribution >= 0.6 is 11.8 Å². The van der Waals surface area contributed by atoms with E-state index in [0.717, 1.165) is 42.9 Å². The van der Waals surface area contributed by atoms with E-state index in [1.807, 2.05) is 31.7 Å². The van der Waals surface area contributed by atoms with E-state index >= 15 is 0 Å². The Bertz CT molecular complexity index is 922. The molecule has 30 heavy (non-hydrogen) atoms. The van der Waals surface area contributed by atoms with Gasteiger partial charge in [-0.1, -0.05) is 25.6 Å². The largest absolute Gasteiger partial charge is 0.372 e. The highest BCUT2D eigenvalue weighted by Gasteiger charge is 2.49. The highest BCUT2D eigenvalue weighted by molar-refractivity contribution is 8.16. The van der Waals surface area contributed by atoms with E-state index in [1.165, 1.54) is 11.8 Å². The van der Waals surface area contributed by atoms with Gasteiger partial charge < -0.3 is 9.80 Å². The molecule has 1 amide bonds. The molecule has 2 fully saturated rings. The number of aryl methyl sites for hydroxylation is 1. The van der Waals surface area contributed by atoms with E-state index in [2.05, 4.69) is 35.9 Å². The molecular formula is C22H33N3O3S2. The Morgan fingerprint density at radius 1 is 1.20 bits per heavy atom. The Morgan fingerprint density at radius 2 is 1.87 bits per heavy atom. The van der Waals surface area contributed by atoms with E-state index in [-0.39, 0.29) is 34.6 Å². The van der Waals surface area contributed by atoms with Crippen molar-refractivity contribution in [3.63, 3.8) is 0 Å². The van der Waals surface area contributed by atoms with Crippen molar-refractivity contribution in [3.8, 4) is 0 Å². The zero-order valence-corrected chi connectivity index (χ0v) is 20.2. The fourth-order valence-corrected chi connectivity index (χ4v) is 8.28. The molecule has 0 spiro atoms. The van der Waals surface area contributed by atoms with Crippen molar-refractivity contribution in [2.75, 3.05) is 34.4 Å². The molecule has 8 heteroatoms. The van der Waals surface area contributed by atoms with Crippen LogP contribution in [0.2, 0.25) is 0 Å². The molecule has 3 rings (SSSR count). The molecule has 2 atom stereocenters. The number of aliphatic imine (C=N–C) groups is 1. The summed E-state index contributed by atoms with van der Waals surface area (Å²) in [5, 5.41) is 0.570. The molecular weight excluding hydrogens is 418 g/mol. The van der Waals surface area contributed by atoms with Gasteiger partial charge in [0, 0.05) is 35.6 Å². The molecule has 2 saturated heterocycles. The van der Waals surface area contributed by atoms with Crippen LogP contribution in [0.3, 0.4) is 0 Å². The number of hydrogen-bond donors (Lipinski definition) is 0. The number of amides is 1. The van der Waals surface area contributed by atoms with Crippen LogP contribution in [-0.4, -0.2) is 55.4 Å². The van der Waals surface area contributed by atoms with Gasteiger partial charge >= 0.3 is 0 Å². The summed E-state index contributed by atoms with van der Waals surface area (Å²) in [6.07, 6.45) is 1.52. The predicted molar refractivity (Wildman–Crippen MR) is 128 cm³/mol. The average molecular weight is 452 g/mol. The minimum atomic E-state index is -3.08. The first-order valence-electron chi connectivity index (χ1n) is 10.9. The van der Waals surface area contributed by atoms with Crippen molar-refractivity contribution in [1.29, 1.82) is 0 Å². The molecule has 6 nitrogen and oxygen atoms in total. The third-order valence-corrected chi connectivity index (χ3v) is 9.39. The SMILES string of the molecule is CCC(CC)C(=O)N=C1S[C@H]2CS(=O)(=O)C[C@@H]2N1c1ccc(N(CC)CC)cc1C. The van der Waals surface area contributed by atoms with Gasteiger partial charge in [0.05, 0.1) is 17.5 Å². The Hall–Kier alpha value is -1.54. The van der Waals surface area contributed by atoms with Crippen LogP contribution in [-0.2, 0) is 14.6 Å². The lowest BCUT2D eigenvalue weighted by molar-refractivity contribution is -0.121. The lowest BCUT2D eigenvalue weighted by Gasteiger charge is -2.28. The summed E-state index contributed by atoms with van der Waals surface area (Å²) in [5.74, 6) is 0.0660. The van der Waals surface area contributed by atoms with Crippen LogP contribution in [0.1, 0.15) is 46.1 Å². The van der Waals surface area contributed by atoms with E-state index in [0.29, 0.717) is 5.17 Å². The maximum absolute atomic E-state index is 12.7. The number of thioether (sulfide) groups is 1. The Kier molecular flexibility index (Phi) is 7.17. The van der Waals surface area contributed by atoms with Crippen molar-refractivity contribution in [2.45, 2.75) is 58.8 Å².